The Morgan fingerprint density at radius 1 is 1.47 bits per heavy atom. The molecular formula is C12H17N3O4. The van der Waals surface area contributed by atoms with Crippen molar-refractivity contribution in [1.82, 2.24) is 10.5 Å². The minimum Gasteiger partial charge on any atom is -0.376 e. The van der Waals surface area contributed by atoms with Crippen molar-refractivity contribution in [2.75, 3.05) is 18.5 Å². The highest BCUT2D eigenvalue weighted by atomic mass is 16.5. The SMILES string of the molecule is Cc1cc(NC(=O)CC(=O)NCC2CCCO2)no1. The average molecular weight is 267 g/mol. The molecular weight excluding hydrogens is 250 g/mol. The second kappa shape index (κ2) is 6.33. The van der Waals surface area contributed by atoms with Crippen molar-refractivity contribution in [3.8, 4) is 0 Å². The van der Waals surface area contributed by atoms with E-state index < -0.39 is 5.91 Å². The number of rotatable bonds is 5. The Kier molecular flexibility index (Phi) is 4.51. The van der Waals surface area contributed by atoms with Gasteiger partial charge in [0.1, 0.15) is 12.2 Å². The first-order valence-electron chi connectivity index (χ1n) is 6.25. The molecule has 2 rings (SSSR count). The van der Waals surface area contributed by atoms with Crippen LogP contribution in [0.2, 0.25) is 0 Å². The van der Waals surface area contributed by atoms with Crippen LogP contribution >= 0.6 is 0 Å². The maximum absolute atomic E-state index is 11.5. The lowest BCUT2D eigenvalue weighted by atomic mass is 10.2. The van der Waals surface area contributed by atoms with E-state index >= 15 is 0 Å². The molecule has 1 aromatic heterocycles. The first-order chi connectivity index (χ1) is 9.13. The van der Waals surface area contributed by atoms with Crippen molar-refractivity contribution in [3.05, 3.63) is 11.8 Å². The highest BCUT2D eigenvalue weighted by Crippen LogP contribution is 2.10. The van der Waals surface area contributed by atoms with Crippen LogP contribution in [0.25, 0.3) is 0 Å². The van der Waals surface area contributed by atoms with Crippen molar-refractivity contribution >= 4 is 17.6 Å². The number of aryl methyl sites for hydroxylation is 1. The second-order valence-corrected chi connectivity index (χ2v) is 4.49. The van der Waals surface area contributed by atoms with Gasteiger partial charge in [-0.25, -0.2) is 0 Å². The van der Waals surface area contributed by atoms with Crippen LogP contribution in [0.5, 0.6) is 0 Å². The van der Waals surface area contributed by atoms with Gasteiger partial charge in [-0.05, 0) is 19.8 Å². The summed E-state index contributed by atoms with van der Waals surface area (Å²) in [6.45, 7) is 2.92. The Morgan fingerprint density at radius 2 is 2.32 bits per heavy atom. The quantitative estimate of drug-likeness (QED) is 0.762. The number of hydrogen-bond acceptors (Lipinski definition) is 5. The first kappa shape index (κ1) is 13.5. The standard InChI is InChI=1S/C12H17N3O4/c1-8-5-10(15-19-8)14-12(17)6-11(16)13-7-9-3-2-4-18-9/h5,9H,2-4,6-7H2,1H3,(H,13,16)(H,14,15,17). The molecule has 1 fully saturated rings. The maximum Gasteiger partial charge on any atom is 0.235 e. The van der Waals surface area contributed by atoms with Gasteiger partial charge in [-0.3, -0.25) is 9.59 Å². The van der Waals surface area contributed by atoms with E-state index in [1.54, 1.807) is 13.0 Å². The molecule has 0 aromatic carbocycles. The zero-order valence-corrected chi connectivity index (χ0v) is 10.8. The summed E-state index contributed by atoms with van der Waals surface area (Å²) in [4.78, 5) is 23.1. The Bertz CT molecular complexity index is 452. The number of anilines is 1. The Balaban J connectivity index is 1.67. The average Bonchev–Trinajstić information content (AvgIpc) is 2.98. The van der Waals surface area contributed by atoms with Crippen LogP contribution in [-0.4, -0.2) is 36.2 Å². The number of carbonyl (C=O) groups excluding carboxylic acids is 2. The summed E-state index contributed by atoms with van der Waals surface area (Å²) in [6.07, 6.45) is 1.81. The normalized spacial score (nSPS) is 18.3. The molecule has 0 bridgehead atoms. The van der Waals surface area contributed by atoms with Gasteiger partial charge in [0.05, 0.1) is 6.10 Å². The van der Waals surface area contributed by atoms with Crippen LogP contribution in [0.3, 0.4) is 0 Å². The van der Waals surface area contributed by atoms with Gasteiger partial charge in [0.25, 0.3) is 0 Å². The van der Waals surface area contributed by atoms with Gasteiger partial charge < -0.3 is 19.9 Å². The molecule has 1 aliphatic heterocycles. The van der Waals surface area contributed by atoms with Crippen LogP contribution in [0.1, 0.15) is 25.0 Å². The van der Waals surface area contributed by atoms with Gasteiger partial charge in [-0.2, -0.15) is 0 Å². The van der Waals surface area contributed by atoms with E-state index in [1.807, 2.05) is 0 Å². The van der Waals surface area contributed by atoms with E-state index in [1.165, 1.54) is 0 Å². The van der Waals surface area contributed by atoms with Crippen LogP contribution < -0.4 is 10.6 Å². The third-order valence-corrected chi connectivity index (χ3v) is 2.77. The van der Waals surface area contributed by atoms with Gasteiger partial charge in [0.15, 0.2) is 5.82 Å². The lowest BCUT2D eigenvalue weighted by Crippen LogP contribution is -2.34. The fourth-order valence-electron chi connectivity index (χ4n) is 1.85. The number of nitrogens with one attached hydrogen (secondary N) is 2. The van der Waals surface area contributed by atoms with Crippen LogP contribution in [0.15, 0.2) is 10.6 Å². The molecule has 0 saturated carbocycles. The minimum atomic E-state index is -0.418. The van der Waals surface area contributed by atoms with Crippen LogP contribution in [0.4, 0.5) is 5.82 Å². The van der Waals surface area contributed by atoms with Crippen molar-refractivity contribution in [3.63, 3.8) is 0 Å². The third-order valence-electron chi connectivity index (χ3n) is 2.77. The van der Waals surface area contributed by atoms with Gasteiger partial charge in [0, 0.05) is 19.2 Å². The summed E-state index contributed by atoms with van der Waals surface area (Å²) >= 11 is 0. The van der Waals surface area contributed by atoms with E-state index in [-0.39, 0.29) is 18.4 Å². The Labute approximate surface area is 110 Å². The first-order valence-corrected chi connectivity index (χ1v) is 6.25. The van der Waals surface area contributed by atoms with E-state index in [4.69, 9.17) is 9.26 Å². The lowest BCUT2D eigenvalue weighted by molar-refractivity contribution is -0.127. The predicted octanol–water partition coefficient (Wildman–Crippen LogP) is 0.607. The van der Waals surface area contributed by atoms with E-state index in [9.17, 15) is 9.59 Å². The molecule has 19 heavy (non-hydrogen) atoms. The number of hydrogen-bond donors (Lipinski definition) is 2. The van der Waals surface area contributed by atoms with E-state index in [0.717, 1.165) is 19.4 Å². The van der Waals surface area contributed by atoms with Gasteiger partial charge in [-0.15, -0.1) is 0 Å². The summed E-state index contributed by atoms with van der Waals surface area (Å²) in [6, 6.07) is 1.59. The molecule has 2 amide bonds. The van der Waals surface area contributed by atoms with Gasteiger partial charge in [0.2, 0.25) is 11.8 Å². The molecule has 1 aromatic rings. The molecule has 1 aliphatic rings. The molecule has 7 nitrogen and oxygen atoms in total. The summed E-state index contributed by atoms with van der Waals surface area (Å²) in [5, 5.41) is 8.78. The smallest absolute Gasteiger partial charge is 0.235 e. The van der Waals surface area contributed by atoms with Crippen LogP contribution in [0, 0.1) is 6.92 Å². The van der Waals surface area contributed by atoms with Crippen LogP contribution in [-0.2, 0) is 14.3 Å². The number of aromatic nitrogens is 1. The monoisotopic (exact) mass is 267 g/mol. The van der Waals surface area contributed by atoms with E-state index in [2.05, 4.69) is 15.8 Å². The highest BCUT2D eigenvalue weighted by molar-refractivity contribution is 6.03. The molecule has 0 radical (unpaired) electrons. The third kappa shape index (κ3) is 4.36. The molecule has 1 unspecified atom stereocenters. The predicted molar refractivity (Wildman–Crippen MR) is 66.5 cm³/mol. The summed E-state index contributed by atoms with van der Waals surface area (Å²) < 4.78 is 10.2. The fraction of sp³-hybridized carbons (Fsp3) is 0.583. The summed E-state index contributed by atoms with van der Waals surface area (Å²) in [7, 11) is 0. The van der Waals surface area contributed by atoms with Crippen molar-refractivity contribution in [2.24, 2.45) is 0 Å². The molecule has 2 N–H and O–H groups in total. The maximum atomic E-state index is 11.5. The largest absolute Gasteiger partial charge is 0.376 e. The molecule has 0 spiro atoms. The molecule has 104 valence electrons. The number of amides is 2. The minimum absolute atomic E-state index is 0.0743. The van der Waals surface area contributed by atoms with Crippen molar-refractivity contribution in [2.45, 2.75) is 32.3 Å². The van der Waals surface area contributed by atoms with Gasteiger partial charge in [-0.1, -0.05) is 5.16 Å². The molecule has 1 saturated heterocycles. The van der Waals surface area contributed by atoms with Crippen molar-refractivity contribution in [1.29, 1.82) is 0 Å². The van der Waals surface area contributed by atoms with E-state index in [0.29, 0.717) is 18.1 Å². The Hall–Kier alpha value is -1.89. The lowest BCUT2D eigenvalue weighted by Gasteiger charge is -2.10. The highest BCUT2D eigenvalue weighted by Gasteiger charge is 2.17. The van der Waals surface area contributed by atoms with Gasteiger partial charge >= 0.3 is 0 Å². The van der Waals surface area contributed by atoms with Crippen molar-refractivity contribution < 1.29 is 18.8 Å². The molecule has 1 atom stereocenters. The number of nitrogens with zero attached hydrogens (tertiary/aromatic N) is 1. The zero-order chi connectivity index (χ0) is 13.7. The summed E-state index contributed by atoms with van der Waals surface area (Å²) in [5.41, 5.74) is 0. The summed E-state index contributed by atoms with van der Waals surface area (Å²) in [5.74, 6) is 0.166. The zero-order valence-electron chi connectivity index (χ0n) is 10.8. The Morgan fingerprint density at radius 3 is 2.95 bits per heavy atom. The fourth-order valence-corrected chi connectivity index (χ4v) is 1.85. The molecule has 0 aliphatic carbocycles. The molecule has 7 heteroatoms. The second-order valence-electron chi connectivity index (χ2n) is 4.49. The number of ether oxygens (including phenoxy) is 1. The number of carbonyl (C=O) groups is 2. The molecule has 2 heterocycles. The topological polar surface area (TPSA) is 93.5 Å².